The average Bonchev–Trinajstić information content (AvgIpc) is 2.43. The molecule has 0 aromatic heterocycles. The first kappa shape index (κ1) is 14.5. The van der Waals surface area contributed by atoms with E-state index in [0.29, 0.717) is 21.3 Å². The number of benzene rings is 1. The number of piperidine rings is 1. The molecule has 2 rings (SSSR count). The lowest BCUT2D eigenvalue weighted by atomic mass is 9.94. The summed E-state index contributed by atoms with van der Waals surface area (Å²) in [5.41, 5.74) is 6.51. The van der Waals surface area contributed by atoms with Gasteiger partial charge in [0.25, 0.3) is 5.91 Å². The molecular formula is C14H18Cl2N2O. The third-order valence-electron chi connectivity index (χ3n) is 3.81. The quantitative estimate of drug-likeness (QED) is 0.844. The van der Waals surface area contributed by atoms with Crippen LogP contribution in [0.4, 0.5) is 5.69 Å². The molecule has 0 unspecified atom stereocenters. The van der Waals surface area contributed by atoms with Crippen molar-refractivity contribution in [1.82, 2.24) is 4.90 Å². The summed E-state index contributed by atoms with van der Waals surface area (Å²) in [5, 5.41) is 0.665. The Morgan fingerprint density at radius 2 is 1.84 bits per heavy atom. The second kappa shape index (κ2) is 6.02. The van der Waals surface area contributed by atoms with Crippen molar-refractivity contribution in [1.29, 1.82) is 0 Å². The standard InChI is InChI=1S/C14H18Cl2N2O/c1-2-9-3-5-18(6-4-9)14(19)10-7-11(15)13(17)12(16)8-10/h7-9H,2-6,17H2,1H3. The molecule has 1 fully saturated rings. The number of halogens is 2. The van der Waals surface area contributed by atoms with Crippen LogP contribution in [0.2, 0.25) is 10.0 Å². The molecule has 0 bridgehead atoms. The summed E-state index contributed by atoms with van der Waals surface area (Å²) < 4.78 is 0. The highest BCUT2D eigenvalue weighted by Gasteiger charge is 2.23. The Labute approximate surface area is 123 Å². The number of nitrogen functional groups attached to an aromatic ring is 1. The molecule has 1 amide bonds. The molecule has 0 radical (unpaired) electrons. The maximum atomic E-state index is 12.4. The van der Waals surface area contributed by atoms with Crippen LogP contribution in [0.25, 0.3) is 0 Å². The summed E-state index contributed by atoms with van der Waals surface area (Å²) >= 11 is 11.9. The largest absolute Gasteiger partial charge is 0.396 e. The van der Waals surface area contributed by atoms with Gasteiger partial charge in [0.05, 0.1) is 15.7 Å². The molecule has 0 atom stereocenters. The van der Waals surface area contributed by atoms with Gasteiger partial charge in [0.1, 0.15) is 0 Å². The van der Waals surface area contributed by atoms with Crippen LogP contribution in [0.1, 0.15) is 36.5 Å². The first-order chi connectivity index (χ1) is 9.02. The van der Waals surface area contributed by atoms with Gasteiger partial charge in [-0.05, 0) is 30.9 Å². The molecule has 2 N–H and O–H groups in total. The van der Waals surface area contributed by atoms with Gasteiger partial charge in [-0.1, -0.05) is 36.5 Å². The van der Waals surface area contributed by atoms with Gasteiger partial charge < -0.3 is 10.6 Å². The molecular weight excluding hydrogens is 283 g/mol. The summed E-state index contributed by atoms with van der Waals surface area (Å²) in [4.78, 5) is 14.2. The highest BCUT2D eigenvalue weighted by atomic mass is 35.5. The van der Waals surface area contributed by atoms with Gasteiger partial charge in [0.2, 0.25) is 0 Å². The summed E-state index contributed by atoms with van der Waals surface area (Å²) in [6.07, 6.45) is 3.32. The van der Waals surface area contributed by atoms with Crippen LogP contribution >= 0.6 is 23.2 Å². The topological polar surface area (TPSA) is 46.3 Å². The van der Waals surface area contributed by atoms with E-state index in [9.17, 15) is 4.79 Å². The zero-order valence-electron chi connectivity index (χ0n) is 11.0. The number of nitrogens with two attached hydrogens (primary N) is 1. The van der Waals surface area contributed by atoms with Crippen LogP contribution in [0.15, 0.2) is 12.1 Å². The summed E-state index contributed by atoms with van der Waals surface area (Å²) in [6.45, 7) is 3.80. The molecule has 1 aromatic rings. The van der Waals surface area contributed by atoms with E-state index in [1.165, 1.54) is 6.42 Å². The third-order valence-corrected chi connectivity index (χ3v) is 4.43. The lowest BCUT2D eigenvalue weighted by molar-refractivity contribution is 0.0689. The van der Waals surface area contributed by atoms with Crippen molar-refractivity contribution in [3.05, 3.63) is 27.7 Å². The lowest BCUT2D eigenvalue weighted by Crippen LogP contribution is -2.38. The molecule has 5 heteroatoms. The van der Waals surface area contributed by atoms with Crippen LogP contribution in [-0.4, -0.2) is 23.9 Å². The van der Waals surface area contributed by atoms with Gasteiger partial charge in [-0.25, -0.2) is 0 Å². The minimum atomic E-state index is -0.0154. The molecule has 104 valence electrons. The van der Waals surface area contributed by atoms with Crippen molar-refractivity contribution >= 4 is 34.8 Å². The molecule has 0 aliphatic carbocycles. The van der Waals surface area contributed by atoms with Crippen LogP contribution in [0, 0.1) is 5.92 Å². The second-order valence-electron chi connectivity index (χ2n) is 5.00. The van der Waals surface area contributed by atoms with Gasteiger partial charge in [0, 0.05) is 18.7 Å². The Kier molecular flexibility index (Phi) is 4.58. The number of rotatable bonds is 2. The predicted octanol–water partition coefficient (Wildman–Crippen LogP) is 3.84. The van der Waals surface area contributed by atoms with Gasteiger partial charge >= 0.3 is 0 Å². The number of likely N-dealkylation sites (tertiary alicyclic amines) is 1. The number of hydrogen-bond donors (Lipinski definition) is 1. The minimum Gasteiger partial charge on any atom is -0.396 e. The highest BCUT2D eigenvalue weighted by molar-refractivity contribution is 6.39. The van der Waals surface area contributed by atoms with E-state index in [0.717, 1.165) is 31.8 Å². The number of carbonyl (C=O) groups excluding carboxylic acids is 1. The van der Waals surface area contributed by atoms with E-state index in [1.807, 2.05) is 4.90 Å². The Morgan fingerprint density at radius 1 is 1.32 bits per heavy atom. The summed E-state index contributed by atoms with van der Waals surface area (Å²) in [5.74, 6) is 0.723. The van der Waals surface area contributed by atoms with E-state index in [4.69, 9.17) is 28.9 Å². The van der Waals surface area contributed by atoms with Crippen LogP contribution in [-0.2, 0) is 0 Å². The summed E-state index contributed by atoms with van der Waals surface area (Å²) in [6, 6.07) is 3.19. The van der Waals surface area contributed by atoms with Crippen LogP contribution < -0.4 is 5.73 Å². The fraction of sp³-hybridized carbons (Fsp3) is 0.500. The third kappa shape index (κ3) is 3.15. The zero-order valence-corrected chi connectivity index (χ0v) is 12.5. The monoisotopic (exact) mass is 300 g/mol. The molecule has 1 saturated heterocycles. The number of carbonyl (C=O) groups is 1. The Morgan fingerprint density at radius 3 is 2.32 bits per heavy atom. The molecule has 0 spiro atoms. The predicted molar refractivity (Wildman–Crippen MR) is 79.8 cm³/mol. The molecule has 1 heterocycles. The van der Waals surface area contributed by atoms with Crippen LogP contribution in [0.5, 0.6) is 0 Å². The second-order valence-corrected chi connectivity index (χ2v) is 5.81. The molecule has 0 saturated carbocycles. The maximum Gasteiger partial charge on any atom is 0.253 e. The highest BCUT2D eigenvalue weighted by Crippen LogP contribution is 2.30. The van der Waals surface area contributed by atoms with E-state index < -0.39 is 0 Å². The lowest BCUT2D eigenvalue weighted by Gasteiger charge is -2.31. The number of anilines is 1. The number of amides is 1. The Balaban J connectivity index is 2.12. The smallest absolute Gasteiger partial charge is 0.253 e. The molecule has 1 aliphatic heterocycles. The SMILES string of the molecule is CCC1CCN(C(=O)c2cc(Cl)c(N)c(Cl)c2)CC1. The van der Waals surface area contributed by atoms with E-state index in [2.05, 4.69) is 6.92 Å². The Bertz CT molecular complexity index is 459. The van der Waals surface area contributed by atoms with E-state index in [1.54, 1.807) is 12.1 Å². The first-order valence-corrected chi connectivity index (χ1v) is 7.32. The number of hydrogen-bond acceptors (Lipinski definition) is 2. The van der Waals surface area contributed by atoms with Crippen molar-refractivity contribution < 1.29 is 4.79 Å². The average molecular weight is 301 g/mol. The molecule has 1 aliphatic rings. The van der Waals surface area contributed by atoms with Gasteiger partial charge in [0.15, 0.2) is 0 Å². The fourth-order valence-electron chi connectivity index (χ4n) is 2.43. The van der Waals surface area contributed by atoms with Crippen molar-refractivity contribution in [3.8, 4) is 0 Å². The van der Waals surface area contributed by atoms with E-state index >= 15 is 0 Å². The fourth-order valence-corrected chi connectivity index (χ4v) is 2.92. The maximum absolute atomic E-state index is 12.4. The normalized spacial score (nSPS) is 16.7. The summed E-state index contributed by atoms with van der Waals surface area (Å²) in [7, 11) is 0. The molecule has 3 nitrogen and oxygen atoms in total. The van der Waals surface area contributed by atoms with Gasteiger partial charge in [-0.3, -0.25) is 4.79 Å². The van der Waals surface area contributed by atoms with Crippen molar-refractivity contribution in [2.75, 3.05) is 18.8 Å². The number of nitrogens with zero attached hydrogens (tertiary/aromatic N) is 1. The van der Waals surface area contributed by atoms with Crippen LogP contribution in [0.3, 0.4) is 0 Å². The molecule has 1 aromatic carbocycles. The Hall–Kier alpha value is -0.930. The van der Waals surface area contributed by atoms with Gasteiger partial charge in [-0.2, -0.15) is 0 Å². The van der Waals surface area contributed by atoms with Crippen molar-refractivity contribution in [3.63, 3.8) is 0 Å². The van der Waals surface area contributed by atoms with Gasteiger partial charge in [-0.15, -0.1) is 0 Å². The first-order valence-electron chi connectivity index (χ1n) is 6.56. The van der Waals surface area contributed by atoms with Crippen molar-refractivity contribution in [2.24, 2.45) is 5.92 Å². The van der Waals surface area contributed by atoms with E-state index in [-0.39, 0.29) is 5.91 Å². The zero-order chi connectivity index (χ0) is 14.0. The van der Waals surface area contributed by atoms with Crippen molar-refractivity contribution in [2.45, 2.75) is 26.2 Å². The molecule has 19 heavy (non-hydrogen) atoms. The minimum absolute atomic E-state index is 0.0154.